The fraction of sp³-hybridized carbons (Fsp3) is 0.267. The first-order valence-corrected chi connectivity index (χ1v) is 8.24. The summed E-state index contributed by atoms with van der Waals surface area (Å²) in [5, 5.41) is 5.00. The van der Waals surface area contributed by atoms with Crippen LogP contribution < -0.4 is 11.1 Å². The Morgan fingerprint density at radius 3 is 2.90 bits per heavy atom. The van der Waals surface area contributed by atoms with Crippen LogP contribution in [0.3, 0.4) is 0 Å². The smallest absolute Gasteiger partial charge is 0.252 e. The van der Waals surface area contributed by atoms with Crippen molar-refractivity contribution in [2.24, 2.45) is 0 Å². The average molecular weight is 388 g/mol. The summed E-state index contributed by atoms with van der Waals surface area (Å²) >= 11 is 4.91. The van der Waals surface area contributed by atoms with Crippen LogP contribution in [0.1, 0.15) is 40.4 Å². The van der Waals surface area contributed by atoms with E-state index in [-0.39, 0.29) is 24.4 Å². The first-order chi connectivity index (χ1) is 9.63. The largest absolute Gasteiger partial charge is 0.399 e. The van der Waals surface area contributed by atoms with Gasteiger partial charge in [0.05, 0.1) is 15.4 Å². The van der Waals surface area contributed by atoms with Crippen LogP contribution in [0.15, 0.2) is 33.4 Å². The maximum absolute atomic E-state index is 12.3. The molecule has 0 spiro atoms. The van der Waals surface area contributed by atoms with Gasteiger partial charge < -0.3 is 11.1 Å². The minimum Gasteiger partial charge on any atom is -0.399 e. The minimum atomic E-state index is -0.0124. The molecule has 1 heterocycles. The molecule has 21 heavy (non-hydrogen) atoms. The van der Waals surface area contributed by atoms with Crippen molar-refractivity contribution in [1.29, 1.82) is 0 Å². The van der Waals surface area contributed by atoms with Gasteiger partial charge in [0, 0.05) is 11.1 Å². The number of rotatable bonds is 2. The number of halogens is 2. The first-order valence-electron chi connectivity index (χ1n) is 6.56. The van der Waals surface area contributed by atoms with Crippen molar-refractivity contribution in [3.63, 3.8) is 0 Å². The summed E-state index contributed by atoms with van der Waals surface area (Å²) in [6.45, 7) is 0. The van der Waals surface area contributed by atoms with Gasteiger partial charge in [-0.05, 0) is 64.5 Å². The molecule has 1 unspecified atom stereocenters. The Balaban J connectivity index is 0.00000161. The standard InChI is InChI=1S/C15H15BrN2OS.ClH/c16-14-7-10(8-20-14)15(19)18-13-3-1-2-9-6-11(17)4-5-12(9)13;/h4-8,13H,1-3,17H2,(H,18,19);1H. The van der Waals surface area contributed by atoms with E-state index in [2.05, 4.69) is 21.2 Å². The van der Waals surface area contributed by atoms with E-state index in [1.807, 2.05) is 29.6 Å². The Hall–Kier alpha value is -1.04. The van der Waals surface area contributed by atoms with Gasteiger partial charge in [0.2, 0.25) is 0 Å². The second kappa shape index (κ2) is 6.81. The third kappa shape index (κ3) is 3.59. The lowest BCUT2D eigenvalue weighted by Gasteiger charge is -2.26. The molecule has 1 atom stereocenters. The van der Waals surface area contributed by atoms with Crippen LogP contribution in [0, 0.1) is 0 Å². The van der Waals surface area contributed by atoms with E-state index >= 15 is 0 Å². The number of nitrogens with two attached hydrogens (primary N) is 1. The summed E-state index contributed by atoms with van der Waals surface area (Å²) in [5.74, 6) is -0.0124. The number of hydrogen-bond donors (Lipinski definition) is 2. The molecule has 2 aromatic rings. The molecule has 0 saturated carbocycles. The third-order valence-corrected chi connectivity index (χ3v) is 5.12. The lowest BCUT2D eigenvalue weighted by Crippen LogP contribution is -2.30. The van der Waals surface area contributed by atoms with Crippen molar-refractivity contribution in [2.45, 2.75) is 25.3 Å². The number of aryl methyl sites for hydroxylation is 1. The Labute approximate surface area is 142 Å². The molecule has 0 aliphatic heterocycles. The molecule has 1 aliphatic carbocycles. The Morgan fingerprint density at radius 1 is 1.38 bits per heavy atom. The van der Waals surface area contributed by atoms with Crippen LogP contribution in [-0.4, -0.2) is 5.91 Å². The predicted molar refractivity (Wildman–Crippen MR) is 93.3 cm³/mol. The fourth-order valence-corrected chi connectivity index (χ4v) is 3.79. The predicted octanol–water partition coefficient (Wildman–Crippen LogP) is 4.32. The van der Waals surface area contributed by atoms with E-state index in [1.54, 1.807) is 0 Å². The molecule has 0 bridgehead atoms. The number of carbonyl (C=O) groups is 1. The van der Waals surface area contributed by atoms with Crippen LogP contribution >= 0.6 is 39.7 Å². The van der Waals surface area contributed by atoms with Crippen LogP contribution in [-0.2, 0) is 6.42 Å². The van der Waals surface area contributed by atoms with Crippen molar-refractivity contribution in [1.82, 2.24) is 5.32 Å². The molecule has 1 aromatic heterocycles. The molecule has 0 saturated heterocycles. The molecule has 3 N–H and O–H groups in total. The molecule has 112 valence electrons. The Morgan fingerprint density at radius 2 is 2.19 bits per heavy atom. The van der Waals surface area contributed by atoms with Gasteiger partial charge in [-0.1, -0.05) is 6.07 Å². The zero-order chi connectivity index (χ0) is 14.1. The first kappa shape index (κ1) is 16.3. The third-order valence-electron chi connectivity index (χ3n) is 3.62. The highest BCUT2D eigenvalue weighted by Crippen LogP contribution is 2.31. The lowest BCUT2D eigenvalue weighted by molar-refractivity contribution is 0.0933. The van der Waals surface area contributed by atoms with Gasteiger partial charge in [0.15, 0.2) is 0 Å². The van der Waals surface area contributed by atoms with Crippen LogP contribution in [0.2, 0.25) is 0 Å². The maximum Gasteiger partial charge on any atom is 0.252 e. The molecule has 1 amide bonds. The number of benzene rings is 1. The van der Waals surface area contributed by atoms with E-state index in [1.165, 1.54) is 22.5 Å². The summed E-state index contributed by atoms with van der Waals surface area (Å²) < 4.78 is 0.972. The van der Waals surface area contributed by atoms with E-state index in [4.69, 9.17) is 5.73 Å². The van der Waals surface area contributed by atoms with Gasteiger partial charge in [-0.2, -0.15) is 0 Å². The van der Waals surface area contributed by atoms with Crippen molar-refractivity contribution < 1.29 is 4.79 Å². The number of thiophene rings is 1. The molecular formula is C15H16BrClN2OS. The number of hydrogen-bond acceptors (Lipinski definition) is 3. The van der Waals surface area contributed by atoms with Gasteiger partial charge in [-0.3, -0.25) is 4.79 Å². The number of anilines is 1. The molecule has 0 radical (unpaired) electrons. The Bertz CT molecular complexity index is 659. The monoisotopic (exact) mass is 386 g/mol. The zero-order valence-corrected chi connectivity index (χ0v) is 14.5. The Kier molecular flexibility index (Phi) is 5.30. The quantitative estimate of drug-likeness (QED) is 0.754. The summed E-state index contributed by atoms with van der Waals surface area (Å²) in [6, 6.07) is 7.91. The number of nitrogen functional groups attached to an aromatic ring is 1. The molecule has 6 heteroatoms. The number of fused-ring (bicyclic) bond motifs is 1. The highest BCUT2D eigenvalue weighted by atomic mass is 79.9. The van der Waals surface area contributed by atoms with Crippen LogP contribution in [0.5, 0.6) is 0 Å². The summed E-state index contributed by atoms with van der Waals surface area (Å²) in [6.07, 6.45) is 3.10. The second-order valence-corrected chi connectivity index (χ2v) is 7.31. The summed E-state index contributed by atoms with van der Waals surface area (Å²) in [5.41, 5.74) is 9.79. The topological polar surface area (TPSA) is 55.1 Å². The number of nitrogens with one attached hydrogen (secondary N) is 1. The number of amides is 1. The van der Waals surface area contributed by atoms with Crippen molar-refractivity contribution in [3.05, 3.63) is 50.1 Å². The van der Waals surface area contributed by atoms with Gasteiger partial charge in [-0.25, -0.2) is 0 Å². The second-order valence-electron chi connectivity index (χ2n) is 5.02. The molecule has 1 aromatic carbocycles. The molecular weight excluding hydrogens is 372 g/mol. The number of carbonyl (C=O) groups excluding carboxylic acids is 1. The van der Waals surface area contributed by atoms with E-state index in [0.29, 0.717) is 5.56 Å². The average Bonchev–Trinajstić information content (AvgIpc) is 2.85. The van der Waals surface area contributed by atoms with E-state index in [0.717, 1.165) is 28.7 Å². The van der Waals surface area contributed by atoms with Gasteiger partial charge >= 0.3 is 0 Å². The SMILES string of the molecule is Cl.Nc1ccc2c(c1)CCCC2NC(=O)c1csc(Br)c1. The maximum atomic E-state index is 12.3. The highest BCUT2D eigenvalue weighted by molar-refractivity contribution is 9.11. The van der Waals surface area contributed by atoms with Gasteiger partial charge in [0.25, 0.3) is 5.91 Å². The van der Waals surface area contributed by atoms with Crippen LogP contribution in [0.4, 0.5) is 5.69 Å². The van der Waals surface area contributed by atoms with Crippen LogP contribution in [0.25, 0.3) is 0 Å². The van der Waals surface area contributed by atoms with E-state index < -0.39 is 0 Å². The minimum absolute atomic E-state index is 0. The zero-order valence-electron chi connectivity index (χ0n) is 11.3. The normalized spacial score (nSPS) is 16.7. The highest BCUT2D eigenvalue weighted by Gasteiger charge is 2.22. The fourth-order valence-electron chi connectivity index (χ4n) is 2.65. The molecule has 3 nitrogen and oxygen atoms in total. The molecule has 0 fully saturated rings. The summed E-state index contributed by atoms with van der Waals surface area (Å²) in [4.78, 5) is 12.3. The van der Waals surface area contributed by atoms with Gasteiger partial charge in [0.1, 0.15) is 0 Å². The lowest BCUT2D eigenvalue weighted by atomic mass is 9.87. The van der Waals surface area contributed by atoms with E-state index in [9.17, 15) is 4.79 Å². The van der Waals surface area contributed by atoms with Gasteiger partial charge in [-0.15, -0.1) is 23.7 Å². The van der Waals surface area contributed by atoms with Crippen molar-refractivity contribution in [2.75, 3.05) is 5.73 Å². The molecule has 1 aliphatic rings. The van der Waals surface area contributed by atoms with Crippen molar-refractivity contribution in [3.8, 4) is 0 Å². The van der Waals surface area contributed by atoms with Crippen molar-refractivity contribution >= 4 is 51.3 Å². The molecule has 3 rings (SSSR count). The summed E-state index contributed by atoms with van der Waals surface area (Å²) in [7, 11) is 0.